The Morgan fingerprint density at radius 2 is 2.27 bits per heavy atom. The summed E-state index contributed by atoms with van der Waals surface area (Å²) in [7, 11) is 0. The van der Waals surface area contributed by atoms with Crippen molar-refractivity contribution < 1.29 is 9.21 Å². The number of halogens is 1. The number of rotatable bonds is 3. The average molecular weight is 271 g/mol. The van der Waals surface area contributed by atoms with Gasteiger partial charge in [-0.15, -0.1) is 0 Å². The maximum absolute atomic E-state index is 11.6. The first kappa shape index (κ1) is 10.9. The first-order valence-corrected chi connectivity index (χ1v) is 6.32. The van der Waals surface area contributed by atoms with E-state index < -0.39 is 0 Å². The zero-order valence-corrected chi connectivity index (χ0v) is 10.3. The number of aryl methyl sites for hydroxylation is 1. The topological polar surface area (TPSA) is 30.2 Å². The van der Waals surface area contributed by atoms with E-state index in [1.54, 1.807) is 0 Å². The van der Waals surface area contributed by atoms with Crippen molar-refractivity contribution in [1.29, 1.82) is 0 Å². The Kier molecular flexibility index (Phi) is 3.62. The van der Waals surface area contributed by atoms with Crippen LogP contribution in [0.1, 0.15) is 37.9 Å². The molecule has 0 amide bonds. The maximum atomic E-state index is 11.6. The second-order valence-corrected chi connectivity index (χ2v) is 4.94. The molecule has 0 spiro atoms. The van der Waals surface area contributed by atoms with E-state index in [1.165, 1.54) is 6.42 Å². The van der Waals surface area contributed by atoms with E-state index >= 15 is 0 Å². The van der Waals surface area contributed by atoms with Crippen LogP contribution in [0.5, 0.6) is 0 Å². The zero-order chi connectivity index (χ0) is 10.7. The summed E-state index contributed by atoms with van der Waals surface area (Å²) in [6, 6.07) is 3.87. The predicted octanol–water partition coefficient (Wildman–Crippen LogP) is 3.73. The van der Waals surface area contributed by atoms with Gasteiger partial charge in [-0.1, -0.05) is 6.42 Å². The fourth-order valence-electron chi connectivity index (χ4n) is 2.16. The molecule has 2 nitrogen and oxygen atoms in total. The van der Waals surface area contributed by atoms with E-state index in [0.717, 1.165) is 42.5 Å². The van der Waals surface area contributed by atoms with Gasteiger partial charge in [-0.2, -0.15) is 0 Å². The van der Waals surface area contributed by atoms with Gasteiger partial charge in [-0.25, -0.2) is 0 Å². The minimum atomic E-state index is 0.280. The molecule has 1 atom stereocenters. The van der Waals surface area contributed by atoms with Gasteiger partial charge in [0, 0.05) is 18.8 Å². The van der Waals surface area contributed by atoms with Crippen molar-refractivity contribution >= 4 is 21.7 Å². The quantitative estimate of drug-likeness (QED) is 0.838. The van der Waals surface area contributed by atoms with E-state index in [4.69, 9.17) is 4.42 Å². The summed E-state index contributed by atoms with van der Waals surface area (Å²) < 4.78 is 6.19. The average Bonchev–Trinajstić information content (AvgIpc) is 2.63. The van der Waals surface area contributed by atoms with Gasteiger partial charge in [0.2, 0.25) is 0 Å². The minimum Gasteiger partial charge on any atom is -0.454 e. The van der Waals surface area contributed by atoms with Gasteiger partial charge in [0.05, 0.1) is 0 Å². The van der Waals surface area contributed by atoms with Crippen molar-refractivity contribution in [3.05, 3.63) is 22.6 Å². The molecule has 1 aromatic heterocycles. The van der Waals surface area contributed by atoms with E-state index in [2.05, 4.69) is 15.9 Å². The molecule has 0 N–H and O–H groups in total. The van der Waals surface area contributed by atoms with Crippen LogP contribution >= 0.6 is 15.9 Å². The molecular weight excluding hydrogens is 256 g/mol. The molecule has 2 rings (SSSR count). The molecule has 1 unspecified atom stereocenters. The highest BCUT2D eigenvalue weighted by Gasteiger charge is 2.21. The van der Waals surface area contributed by atoms with E-state index in [9.17, 15) is 4.79 Å². The lowest BCUT2D eigenvalue weighted by Crippen LogP contribution is -2.19. The second kappa shape index (κ2) is 4.97. The molecule has 0 saturated heterocycles. The predicted molar refractivity (Wildman–Crippen MR) is 61.7 cm³/mol. The van der Waals surface area contributed by atoms with Crippen molar-refractivity contribution in [3.8, 4) is 0 Å². The SMILES string of the molecule is O=C1CCCCC1CCc1ccc(Br)o1. The highest BCUT2D eigenvalue weighted by atomic mass is 79.9. The Morgan fingerprint density at radius 3 is 2.93 bits per heavy atom. The molecule has 0 radical (unpaired) electrons. The van der Waals surface area contributed by atoms with Gasteiger partial charge in [-0.05, 0) is 47.3 Å². The summed E-state index contributed by atoms with van der Waals surface area (Å²) in [5, 5.41) is 0. The summed E-state index contributed by atoms with van der Waals surface area (Å²) in [6.07, 6.45) is 5.97. The molecular formula is C12H15BrO2. The van der Waals surface area contributed by atoms with Gasteiger partial charge in [0.1, 0.15) is 11.5 Å². The lowest BCUT2D eigenvalue weighted by molar-refractivity contribution is -0.124. The van der Waals surface area contributed by atoms with E-state index in [1.807, 2.05) is 12.1 Å². The number of ketones is 1. The van der Waals surface area contributed by atoms with Crippen LogP contribution in [-0.4, -0.2) is 5.78 Å². The smallest absolute Gasteiger partial charge is 0.169 e. The van der Waals surface area contributed by atoms with Gasteiger partial charge < -0.3 is 4.42 Å². The van der Waals surface area contributed by atoms with Crippen LogP contribution in [0.25, 0.3) is 0 Å². The molecule has 0 aromatic carbocycles. The molecule has 1 fully saturated rings. The van der Waals surface area contributed by atoms with E-state index in [-0.39, 0.29) is 5.92 Å². The summed E-state index contributed by atoms with van der Waals surface area (Å²) >= 11 is 3.28. The number of carbonyl (C=O) groups is 1. The summed E-state index contributed by atoms with van der Waals surface area (Å²) in [4.78, 5) is 11.6. The molecule has 15 heavy (non-hydrogen) atoms. The molecule has 1 aliphatic rings. The molecule has 1 aliphatic carbocycles. The third-order valence-electron chi connectivity index (χ3n) is 3.05. The van der Waals surface area contributed by atoms with Crippen molar-refractivity contribution in [1.82, 2.24) is 0 Å². The number of hydrogen-bond donors (Lipinski definition) is 0. The number of carbonyl (C=O) groups excluding carboxylic acids is 1. The highest BCUT2D eigenvalue weighted by Crippen LogP contribution is 2.25. The van der Waals surface area contributed by atoms with Crippen LogP contribution < -0.4 is 0 Å². The Hall–Kier alpha value is -0.570. The fraction of sp³-hybridized carbons (Fsp3) is 0.583. The van der Waals surface area contributed by atoms with Gasteiger partial charge in [-0.3, -0.25) is 4.79 Å². The maximum Gasteiger partial charge on any atom is 0.169 e. The summed E-state index contributed by atoms with van der Waals surface area (Å²) in [5.41, 5.74) is 0. The van der Waals surface area contributed by atoms with Crippen molar-refractivity contribution in [2.45, 2.75) is 38.5 Å². The van der Waals surface area contributed by atoms with Crippen LogP contribution in [0.3, 0.4) is 0 Å². The summed E-state index contributed by atoms with van der Waals surface area (Å²) in [6.45, 7) is 0. The first-order chi connectivity index (χ1) is 7.25. The number of furan rings is 1. The molecule has 1 heterocycles. The standard InChI is InChI=1S/C12H15BrO2/c13-12-8-7-10(15-12)6-5-9-3-1-2-4-11(9)14/h7-9H,1-6H2. The Bertz CT molecular complexity index is 343. The molecule has 1 aromatic rings. The highest BCUT2D eigenvalue weighted by molar-refractivity contribution is 9.10. The van der Waals surface area contributed by atoms with Crippen LogP contribution in [0, 0.1) is 5.92 Å². The van der Waals surface area contributed by atoms with Gasteiger partial charge in [0.15, 0.2) is 4.67 Å². The Morgan fingerprint density at radius 1 is 1.40 bits per heavy atom. The third-order valence-corrected chi connectivity index (χ3v) is 3.48. The number of Topliss-reactive ketones (excluding diaryl/α,β-unsaturated/α-hetero) is 1. The van der Waals surface area contributed by atoms with Gasteiger partial charge in [0.25, 0.3) is 0 Å². The lowest BCUT2D eigenvalue weighted by Gasteiger charge is -2.19. The second-order valence-electron chi connectivity index (χ2n) is 4.15. The summed E-state index contributed by atoms with van der Waals surface area (Å²) in [5.74, 6) is 1.70. The van der Waals surface area contributed by atoms with E-state index in [0.29, 0.717) is 5.78 Å². The Labute approximate surface area is 98.2 Å². The molecule has 0 bridgehead atoms. The molecule has 1 saturated carbocycles. The molecule has 82 valence electrons. The normalized spacial score (nSPS) is 21.9. The van der Waals surface area contributed by atoms with Crippen LogP contribution in [-0.2, 0) is 11.2 Å². The van der Waals surface area contributed by atoms with Crippen LogP contribution in [0.4, 0.5) is 0 Å². The fourth-order valence-corrected chi connectivity index (χ4v) is 2.50. The molecule has 3 heteroatoms. The first-order valence-electron chi connectivity index (χ1n) is 5.52. The van der Waals surface area contributed by atoms with Crippen molar-refractivity contribution in [3.63, 3.8) is 0 Å². The third kappa shape index (κ3) is 2.94. The largest absolute Gasteiger partial charge is 0.454 e. The van der Waals surface area contributed by atoms with Crippen LogP contribution in [0.2, 0.25) is 0 Å². The van der Waals surface area contributed by atoms with Crippen LogP contribution in [0.15, 0.2) is 21.2 Å². The number of hydrogen-bond acceptors (Lipinski definition) is 2. The van der Waals surface area contributed by atoms with Crippen molar-refractivity contribution in [2.24, 2.45) is 5.92 Å². The minimum absolute atomic E-state index is 0.280. The van der Waals surface area contributed by atoms with Crippen molar-refractivity contribution in [2.75, 3.05) is 0 Å². The zero-order valence-electron chi connectivity index (χ0n) is 8.67. The molecule has 0 aliphatic heterocycles. The Balaban J connectivity index is 1.84. The monoisotopic (exact) mass is 270 g/mol. The van der Waals surface area contributed by atoms with Gasteiger partial charge >= 0.3 is 0 Å². The lowest BCUT2D eigenvalue weighted by atomic mass is 9.85.